The van der Waals surface area contributed by atoms with Crippen LogP contribution >= 0.6 is 0 Å². The highest BCUT2D eigenvalue weighted by Crippen LogP contribution is 2.40. The van der Waals surface area contributed by atoms with Gasteiger partial charge in [0.2, 0.25) is 5.95 Å². The summed E-state index contributed by atoms with van der Waals surface area (Å²) in [4.78, 5) is 11.1. The molecule has 1 fully saturated rings. The average molecular weight is 272 g/mol. The van der Waals surface area contributed by atoms with Crippen molar-refractivity contribution in [3.05, 3.63) is 17.5 Å². The minimum Gasteiger partial charge on any atom is -0.340 e. The quantitative estimate of drug-likeness (QED) is 0.829. The second-order valence-corrected chi connectivity index (χ2v) is 6.83. The molecule has 2 heterocycles. The first-order chi connectivity index (χ1) is 9.35. The normalized spacial score (nSPS) is 21.9. The van der Waals surface area contributed by atoms with Crippen molar-refractivity contribution in [2.45, 2.75) is 41.0 Å². The molecule has 0 saturated carbocycles. The second-order valence-electron chi connectivity index (χ2n) is 6.83. The lowest BCUT2D eigenvalue weighted by Crippen LogP contribution is -2.48. The van der Waals surface area contributed by atoms with Crippen molar-refractivity contribution in [2.75, 3.05) is 18.0 Å². The summed E-state index contributed by atoms with van der Waals surface area (Å²) in [7, 11) is 0. The molecule has 20 heavy (non-hydrogen) atoms. The highest BCUT2D eigenvalue weighted by Gasteiger charge is 2.38. The van der Waals surface area contributed by atoms with E-state index >= 15 is 0 Å². The van der Waals surface area contributed by atoms with Gasteiger partial charge >= 0.3 is 0 Å². The monoisotopic (exact) mass is 272 g/mol. The van der Waals surface area contributed by atoms with Crippen molar-refractivity contribution < 1.29 is 0 Å². The largest absolute Gasteiger partial charge is 0.340 e. The van der Waals surface area contributed by atoms with Crippen LogP contribution in [0, 0.1) is 35.5 Å². The first-order valence-corrected chi connectivity index (χ1v) is 7.34. The van der Waals surface area contributed by atoms with Gasteiger partial charge in [0.1, 0.15) is 6.07 Å². The number of hydrogen-bond donors (Lipinski definition) is 0. The van der Waals surface area contributed by atoms with Crippen LogP contribution in [0.1, 0.15) is 45.4 Å². The van der Waals surface area contributed by atoms with Crippen LogP contribution in [0.15, 0.2) is 6.20 Å². The van der Waals surface area contributed by atoms with Crippen molar-refractivity contribution in [1.29, 1.82) is 5.26 Å². The van der Waals surface area contributed by atoms with Gasteiger partial charge in [0.05, 0.1) is 17.5 Å². The summed E-state index contributed by atoms with van der Waals surface area (Å²) in [6, 6.07) is 2.12. The second kappa shape index (κ2) is 5.40. The van der Waals surface area contributed by atoms with Crippen LogP contribution in [0.4, 0.5) is 5.95 Å². The van der Waals surface area contributed by atoms with E-state index in [0.29, 0.717) is 11.5 Å². The number of nitriles is 1. The topological polar surface area (TPSA) is 52.8 Å². The Labute approximate surface area is 121 Å². The third-order valence-corrected chi connectivity index (χ3v) is 4.49. The number of nitrogens with zero attached hydrogens (tertiary/aromatic N) is 4. The molecule has 108 valence electrons. The van der Waals surface area contributed by atoms with E-state index in [1.807, 2.05) is 6.92 Å². The van der Waals surface area contributed by atoms with Crippen molar-refractivity contribution in [3.63, 3.8) is 0 Å². The lowest BCUT2D eigenvalue weighted by Gasteiger charge is -2.46. The van der Waals surface area contributed by atoms with Crippen molar-refractivity contribution in [2.24, 2.45) is 17.3 Å². The van der Waals surface area contributed by atoms with Gasteiger partial charge in [-0.2, -0.15) is 5.26 Å². The predicted molar refractivity (Wildman–Crippen MR) is 80.4 cm³/mol. The fourth-order valence-corrected chi connectivity index (χ4v) is 3.50. The van der Waals surface area contributed by atoms with Gasteiger partial charge in [-0.1, -0.05) is 27.7 Å². The number of rotatable bonds is 2. The molecule has 4 heteroatoms. The van der Waals surface area contributed by atoms with Crippen LogP contribution in [-0.4, -0.2) is 23.1 Å². The molecular weight excluding hydrogens is 248 g/mol. The standard InChI is InChI=1S/C16H24N4/c1-11(2)14-6-7-20(10-16(14,4)5)15-18-9-13(8-17)12(3)19-15/h9,11,14H,6-7,10H2,1-5H3/t14-/m0/s1. The van der Waals surface area contributed by atoms with Crippen LogP contribution in [0.5, 0.6) is 0 Å². The highest BCUT2D eigenvalue weighted by atomic mass is 15.3. The summed E-state index contributed by atoms with van der Waals surface area (Å²) in [6.45, 7) is 13.1. The van der Waals surface area contributed by atoms with E-state index in [1.165, 1.54) is 6.42 Å². The van der Waals surface area contributed by atoms with Gasteiger partial charge < -0.3 is 4.90 Å². The SMILES string of the molecule is Cc1nc(N2CC[C@@H](C(C)C)C(C)(C)C2)ncc1C#N. The molecule has 0 unspecified atom stereocenters. The molecule has 4 nitrogen and oxygen atoms in total. The average Bonchev–Trinajstić information content (AvgIpc) is 2.36. The molecule has 0 aliphatic carbocycles. The van der Waals surface area contributed by atoms with Crippen LogP contribution < -0.4 is 4.90 Å². The zero-order valence-corrected chi connectivity index (χ0v) is 13.1. The zero-order chi connectivity index (χ0) is 14.9. The summed E-state index contributed by atoms with van der Waals surface area (Å²) in [5, 5.41) is 8.95. The Kier molecular flexibility index (Phi) is 3.99. The molecule has 0 aromatic carbocycles. The minimum atomic E-state index is 0.261. The molecule has 0 amide bonds. The lowest BCUT2D eigenvalue weighted by molar-refractivity contribution is 0.126. The fourth-order valence-electron chi connectivity index (χ4n) is 3.50. The van der Waals surface area contributed by atoms with E-state index in [2.05, 4.69) is 48.6 Å². The molecular formula is C16H24N4. The van der Waals surface area contributed by atoms with E-state index in [1.54, 1.807) is 6.20 Å². The van der Waals surface area contributed by atoms with E-state index in [0.717, 1.165) is 30.6 Å². The molecule has 1 saturated heterocycles. The van der Waals surface area contributed by atoms with Crippen molar-refractivity contribution in [1.82, 2.24) is 9.97 Å². The molecule has 0 bridgehead atoms. The molecule has 1 aliphatic heterocycles. The van der Waals surface area contributed by atoms with Crippen LogP contribution in [0.3, 0.4) is 0 Å². The Morgan fingerprint density at radius 1 is 1.45 bits per heavy atom. The molecule has 2 rings (SSSR count). The molecule has 0 N–H and O–H groups in total. The zero-order valence-electron chi connectivity index (χ0n) is 13.1. The van der Waals surface area contributed by atoms with E-state index in [4.69, 9.17) is 5.26 Å². The highest BCUT2D eigenvalue weighted by molar-refractivity contribution is 5.38. The van der Waals surface area contributed by atoms with Gasteiger partial charge in [-0.15, -0.1) is 0 Å². The molecule has 0 spiro atoms. The molecule has 1 atom stereocenters. The Bertz CT molecular complexity index is 528. The first-order valence-electron chi connectivity index (χ1n) is 7.34. The third-order valence-electron chi connectivity index (χ3n) is 4.49. The predicted octanol–water partition coefficient (Wildman–Crippen LogP) is 3.17. The molecule has 1 aromatic heterocycles. The maximum atomic E-state index is 8.95. The summed E-state index contributed by atoms with van der Waals surface area (Å²) >= 11 is 0. The number of aryl methyl sites for hydroxylation is 1. The lowest BCUT2D eigenvalue weighted by atomic mass is 9.69. The Morgan fingerprint density at radius 3 is 2.65 bits per heavy atom. The minimum absolute atomic E-state index is 0.261. The Balaban J connectivity index is 2.20. The van der Waals surface area contributed by atoms with Gasteiger partial charge in [-0.3, -0.25) is 0 Å². The smallest absolute Gasteiger partial charge is 0.225 e. The maximum Gasteiger partial charge on any atom is 0.225 e. The fraction of sp³-hybridized carbons (Fsp3) is 0.688. The summed E-state index contributed by atoms with van der Waals surface area (Å²) < 4.78 is 0. The van der Waals surface area contributed by atoms with Crippen LogP contribution in [0.25, 0.3) is 0 Å². The van der Waals surface area contributed by atoms with Crippen LogP contribution in [0.2, 0.25) is 0 Å². The molecule has 0 radical (unpaired) electrons. The third kappa shape index (κ3) is 2.77. The number of anilines is 1. The first kappa shape index (κ1) is 14.8. The van der Waals surface area contributed by atoms with E-state index in [-0.39, 0.29) is 5.41 Å². The van der Waals surface area contributed by atoms with E-state index < -0.39 is 0 Å². The van der Waals surface area contributed by atoms with Gasteiger partial charge in [-0.25, -0.2) is 9.97 Å². The van der Waals surface area contributed by atoms with Crippen molar-refractivity contribution in [3.8, 4) is 6.07 Å². The number of aromatic nitrogens is 2. The number of piperidine rings is 1. The van der Waals surface area contributed by atoms with Gasteiger partial charge in [0.15, 0.2) is 0 Å². The summed E-state index contributed by atoms with van der Waals surface area (Å²) in [5.74, 6) is 2.20. The van der Waals surface area contributed by atoms with Gasteiger partial charge in [0.25, 0.3) is 0 Å². The summed E-state index contributed by atoms with van der Waals surface area (Å²) in [6.07, 6.45) is 2.81. The van der Waals surface area contributed by atoms with Crippen LogP contribution in [-0.2, 0) is 0 Å². The van der Waals surface area contributed by atoms with E-state index in [9.17, 15) is 0 Å². The van der Waals surface area contributed by atoms with Gasteiger partial charge in [-0.05, 0) is 30.6 Å². The van der Waals surface area contributed by atoms with Crippen molar-refractivity contribution >= 4 is 5.95 Å². The Hall–Kier alpha value is -1.63. The Morgan fingerprint density at radius 2 is 2.15 bits per heavy atom. The summed E-state index contributed by atoms with van der Waals surface area (Å²) in [5.41, 5.74) is 1.59. The number of hydrogen-bond acceptors (Lipinski definition) is 4. The maximum absolute atomic E-state index is 8.95. The molecule has 1 aliphatic rings. The van der Waals surface area contributed by atoms with Gasteiger partial charge in [0, 0.05) is 13.1 Å². The molecule has 1 aromatic rings.